The monoisotopic (exact) mass is 617 g/mol. The molecule has 2 aromatic heterocycles. The smallest absolute Gasteiger partial charge is 0.258 e. The van der Waals surface area contributed by atoms with E-state index in [4.69, 9.17) is 4.42 Å². The summed E-state index contributed by atoms with van der Waals surface area (Å²) in [5.74, 6) is -1.18. The standard InChI is InChI=1S/C32H26F2N4O5S/c1-35-31(39)29-24-13-22(23-12-21(16-36(2)32(23)40)38-15-19-6-5-7-26(34)25(19)17-38)27(37(3)44(4,41)42)14-28(24)43-30(29)18-8-10-20(33)11-9-18/h5-14,16-17H,15H2,1-4H3/p+1. The van der Waals surface area contributed by atoms with Gasteiger partial charge >= 0.3 is 0 Å². The van der Waals surface area contributed by atoms with E-state index >= 15 is 0 Å². The molecule has 5 aromatic rings. The number of furan rings is 1. The summed E-state index contributed by atoms with van der Waals surface area (Å²) >= 11 is 0. The fourth-order valence-electron chi connectivity index (χ4n) is 5.40. The third-order valence-corrected chi connectivity index (χ3v) is 8.95. The molecule has 224 valence electrons. The second-order valence-electron chi connectivity index (χ2n) is 10.6. The molecule has 1 N–H and O–H groups in total. The minimum atomic E-state index is -3.82. The van der Waals surface area contributed by atoms with Crippen LogP contribution >= 0.6 is 0 Å². The molecule has 3 heterocycles. The topological polar surface area (TPSA) is 105 Å². The highest BCUT2D eigenvalue weighted by molar-refractivity contribution is 7.92. The van der Waals surface area contributed by atoms with Crippen LogP contribution in [0.4, 0.5) is 20.2 Å². The molecule has 1 aliphatic heterocycles. The maximum Gasteiger partial charge on any atom is 0.258 e. The predicted molar refractivity (Wildman–Crippen MR) is 164 cm³/mol. The van der Waals surface area contributed by atoms with Gasteiger partial charge in [-0.3, -0.25) is 13.9 Å². The van der Waals surface area contributed by atoms with Crippen LogP contribution in [0.3, 0.4) is 0 Å². The van der Waals surface area contributed by atoms with Gasteiger partial charge in [-0.2, -0.15) is 4.58 Å². The van der Waals surface area contributed by atoms with Crippen LogP contribution in [-0.2, 0) is 23.6 Å². The fraction of sp³-hybridized carbons (Fsp3) is 0.156. The highest BCUT2D eigenvalue weighted by atomic mass is 32.2. The number of carbonyl (C=O) groups excluding carboxylic acids is 1. The zero-order valence-electron chi connectivity index (χ0n) is 24.2. The van der Waals surface area contributed by atoms with E-state index in [-0.39, 0.29) is 39.5 Å². The Morgan fingerprint density at radius 2 is 1.80 bits per heavy atom. The molecule has 0 saturated heterocycles. The van der Waals surface area contributed by atoms with Crippen molar-refractivity contribution in [2.24, 2.45) is 7.05 Å². The van der Waals surface area contributed by atoms with Gasteiger partial charge < -0.3 is 14.3 Å². The first-order chi connectivity index (χ1) is 20.9. The molecule has 0 saturated carbocycles. The predicted octanol–water partition coefficient (Wildman–Crippen LogP) is 4.78. The number of sulfonamides is 1. The van der Waals surface area contributed by atoms with Crippen molar-refractivity contribution in [3.8, 4) is 22.5 Å². The van der Waals surface area contributed by atoms with Crippen LogP contribution in [-0.4, -0.2) is 50.0 Å². The van der Waals surface area contributed by atoms with Gasteiger partial charge in [-0.1, -0.05) is 12.1 Å². The van der Waals surface area contributed by atoms with Gasteiger partial charge in [0.15, 0.2) is 12.8 Å². The van der Waals surface area contributed by atoms with E-state index in [1.165, 1.54) is 55.1 Å². The Hall–Kier alpha value is -5.10. The Balaban J connectivity index is 1.64. The second kappa shape index (κ2) is 10.6. The van der Waals surface area contributed by atoms with Gasteiger partial charge in [-0.05, 0) is 36.4 Å². The van der Waals surface area contributed by atoms with Gasteiger partial charge in [0.25, 0.3) is 11.5 Å². The first-order valence-electron chi connectivity index (χ1n) is 13.5. The first kappa shape index (κ1) is 29.0. The lowest BCUT2D eigenvalue weighted by atomic mass is 9.98. The number of nitrogens with zero attached hydrogens (tertiary/aromatic N) is 3. The third kappa shape index (κ3) is 4.86. The van der Waals surface area contributed by atoms with E-state index < -0.39 is 27.3 Å². The summed E-state index contributed by atoms with van der Waals surface area (Å²) in [6.07, 6.45) is 4.31. The van der Waals surface area contributed by atoms with Crippen molar-refractivity contribution in [3.63, 3.8) is 0 Å². The zero-order chi connectivity index (χ0) is 31.5. The van der Waals surface area contributed by atoms with Gasteiger partial charge in [0.1, 0.15) is 23.0 Å². The summed E-state index contributed by atoms with van der Waals surface area (Å²) in [4.78, 5) is 26.9. The van der Waals surface area contributed by atoms with Gasteiger partial charge in [0, 0.05) is 55.4 Å². The Kier molecular flexibility index (Phi) is 6.96. The third-order valence-electron chi connectivity index (χ3n) is 7.76. The van der Waals surface area contributed by atoms with Crippen LogP contribution in [0.1, 0.15) is 21.5 Å². The van der Waals surface area contributed by atoms with Crippen molar-refractivity contribution in [1.29, 1.82) is 0 Å². The molecule has 9 nitrogen and oxygen atoms in total. The largest absolute Gasteiger partial charge is 0.455 e. The normalized spacial score (nSPS) is 12.7. The average Bonchev–Trinajstić information content (AvgIpc) is 3.59. The van der Waals surface area contributed by atoms with Crippen LogP contribution in [0.25, 0.3) is 33.4 Å². The number of hydrogen-bond donors (Lipinski definition) is 1. The quantitative estimate of drug-likeness (QED) is 0.277. The van der Waals surface area contributed by atoms with E-state index in [1.54, 1.807) is 42.2 Å². The number of aromatic nitrogens is 1. The highest BCUT2D eigenvalue weighted by Crippen LogP contribution is 2.41. The van der Waals surface area contributed by atoms with Gasteiger partial charge in [-0.15, -0.1) is 0 Å². The van der Waals surface area contributed by atoms with Crippen LogP contribution < -0.4 is 15.2 Å². The summed E-state index contributed by atoms with van der Waals surface area (Å²) < 4.78 is 64.1. The molecule has 0 spiro atoms. The molecule has 0 radical (unpaired) electrons. The molecule has 44 heavy (non-hydrogen) atoms. The lowest BCUT2D eigenvalue weighted by Gasteiger charge is -2.20. The van der Waals surface area contributed by atoms with Crippen LogP contribution in [0, 0.1) is 11.6 Å². The van der Waals surface area contributed by atoms with Crippen molar-refractivity contribution >= 4 is 44.5 Å². The summed E-state index contributed by atoms with van der Waals surface area (Å²) in [5.41, 5.74) is 2.62. The summed E-state index contributed by atoms with van der Waals surface area (Å²) in [7, 11) is 0.551. The SMILES string of the molecule is CNC(=O)c1c(-c2ccc(F)cc2)oc2cc(N(C)S(C)(=O)=O)c(-c3cc([N+]4=Cc5c(F)cccc5C4)cn(C)c3=O)cc12. The van der Waals surface area contributed by atoms with E-state index in [2.05, 4.69) is 5.32 Å². The number of halogens is 2. The molecule has 0 unspecified atom stereocenters. The van der Waals surface area contributed by atoms with Crippen LogP contribution in [0.2, 0.25) is 0 Å². The van der Waals surface area contributed by atoms with Crippen LogP contribution in [0.15, 0.2) is 76.1 Å². The molecular weight excluding hydrogens is 590 g/mol. The first-order valence-corrected chi connectivity index (χ1v) is 15.3. The Bertz CT molecular complexity index is 2200. The molecule has 3 aromatic carbocycles. The number of aryl methyl sites for hydroxylation is 1. The molecule has 0 bridgehead atoms. The number of pyridine rings is 1. The fourth-order valence-corrected chi connectivity index (χ4v) is 5.91. The molecular formula is C32H27F2N4O5S+. The van der Waals surface area contributed by atoms with Gasteiger partial charge in [0.05, 0.1) is 34.8 Å². The van der Waals surface area contributed by atoms with E-state index in [0.29, 0.717) is 28.7 Å². The molecule has 0 aliphatic carbocycles. The van der Waals surface area contributed by atoms with Gasteiger partial charge in [-0.25, -0.2) is 17.2 Å². The van der Waals surface area contributed by atoms with Crippen molar-refractivity contribution in [2.45, 2.75) is 6.54 Å². The van der Waals surface area contributed by atoms with Crippen molar-refractivity contribution in [3.05, 3.63) is 106 Å². The average molecular weight is 618 g/mol. The maximum absolute atomic E-state index is 14.5. The molecule has 6 rings (SSSR count). The minimum absolute atomic E-state index is 0.135. The molecule has 12 heteroatoms. The number of carbonyl (C=O) groups is 1. The van der Waals surface area contributed by atoms with E-state index in [1.807, 2.05) is 6.07 Å². The summed E-state index contributed by atoms with van der Waals surface area (Å²) in [6.45, 7) is 0.365. The number of amides is 1. The van der Waals surface area contributed by atoms with Crippen LogP contribution in [0.5, 0.6) is 0 Å². The second-order valence-corrected chi connectivity index (χ2v) is 12.6. The number of anilines is 1. The minimum Gasteiger partial charge on any atom is -0.455 e. The number of nitrogens with one attached hydrogen (secondary N) is 1. The lowest BCUT2D eigenvalue weighted by Crippen LogP contribution is -2.26. The number of rotatable bonds is 6. The Morgan fingerprint density at radius 1 is 1.07 bits per heavy atom. The molecule has 1 amide bonds. The number of benzene rings is 3. The van der Waals surface area contributed by atoms with Crippen molar-refractivity contribution in [1.82, 2.24) is 9.88 Å². The molecule has 1 aliphatic rings. The Morgan fingerprint density at radius 3 is 2.45 bits per heavy atom. The summed E-state index contributed by atoms with van der Waals surface area (Å²) in [6, 6.07) is 14.9. The number of fused-ring (bicyclic) bond motifs is 2. The van der Waals surface area contributed by atoms with E-state index in [9.17, 15) is 26.8 Å². The van der Waals surface area contributed by atoms with Crippen molar-refractivity contribution in [2.75, 3.05) is 24.7 Å². The van der Waals surface area contributed by atoms with Crippen molar-refractivity contribution < 1.29 is 31.0 Å². The lowest BCUT2D eigenvalue weighted by molar-refractivity contribution is -0.448. The van der Waals surface area contributed by atoms with E-state index in [0.717, 1.165) is 16.1 Å². The number of hydrogen-bond acceptors (Lipinski definition) is 5. The molecule has 0 fully saturated rings. The highest BCUT2D eigenvalue weighted by Gasteiger charge is 2.29. The van der Waals surface area contributed by atoms with Gasteiger partial charge in [0.2, 0.25) is 15.7 Å². The zero-order valence-corrected chi connectivity index (χ0v) is 25.0. The maximum atomic E-state index is 14.5. The summed E-state index contributed by atoms with van der Waals surface area (Å²) in [5, 5.41) is 2.91. The Labute approximate surface area is 251 Å². The molecule has 0 atom stereocenters.